The maximum atomic E-state index is 12.9. The highest BCUT2D eigenvalue weighted by molar-refractivity contribution is 5.98. The van der Waals surface area contributed by atoms with E-state index in [4.69, 9.17) is 0 Å². The third kappa shape index (κ3) is 3.26. The Hall–Kier alpha value is -3.08. The van der Waals surface area contributed by atoms with E-state index < -0.39 is 5.97 Å². The number of rotatable bonds is 5. The molecule has 2 aromatic carbocycles. The summed E-state index contributed by atoms with van der Waals surface area (Å²) in [4.78, 5) is 26.1. The second kappa shape index (κ2) is 6.81. The number of likely N-dealkylation sites (N-methyl/N-ethyl adjacent to an activating group) is 1. The lowest BCUT2D eigenvalue weighted by Crippen LogP contribution is -2.34. The van der Waals surface area contributed by atoms with E-state index in [0.29, 0.717) is 6.54 Å². The van der Waals surface area contributed by atoms with Gasteiger partial charge >= 0.3 is 5.97 Å². The third-order valence-electron chi connectivity index (χ3n) is 4.29. The van der Waals surface area contributed by atoms with Crippen molar-refractivity contribution in [2.24, 2.45) is 0 Å². The van der Waals surface area contributed by atoms with Crippen LogP contribution in [0.4, 0.5) is 5.69 Å². The summed E-state index contributed by atoms with van der Waals surface area (Å²) in [5.74, 6) is -1.18. The summed E-state index contributed by atoms with van der Waals surface area (Å²) in [6, 6.07) is 16.7. The summed E-state index contributed by atoms with van der Waals surface area (Å²) in [6.07, 6.45) is 0. The molecule has 128 valence electrons. The standard InChI is InChI=1S/C20H20N2O3/c1-3-21(16-10-8-14(2)9-11-16)19(23)13-22-17-7-5-4-6-15(17)12-18(22)20(24)25/h4-12H,3,13H2,1-2H3,(H,24,25). The van der Waals surface area contributed by atoms with E-state index in [1.54, 1.807) is 15.5 Å². The summed E-state index contributed by atoms with van der Waals surface area (Å²) in [5, 5.41) is 10.3. The number of nitrogens with zero attached hydrogens (tertiary/aromatic N) is 2. The van der Waals surface area contributed by atoms with Crippen molar-refractivity contribution in [1.29, 1.82) is 0 Å². The second-order valence-corrected chi connectivity index (χ2v) is 5.95. The van der Waals surface area contributed by atoms with Gasteiger partial charge in [0.25, 0.3) is 0 Å². The van der Waals surface area contributed by atoms with Gasteiger partial charge in [0.1, 0.15) is 12.2 Å². The molecule has 3 rings (SSSR count). The summed E-state index contributed by atoms with van der Waals surface area (Å²) in [6.45, 7) is 4.40. The predicted molar refractivity (Wildman–Crippen MR) is 98.1 cm³/mol. The molecule has 0 spiro atoms. The molecule has 0 aliphatic rings. The molecule has 0 saturated heterocycles. The van der Waals surface area contributed by atoms with Gasteiger partial charge in [-0.3, -0.25) is 4.79 Å². The van der Waals surface area contributed by atoms with Gasteiger partial charge in [-0.25, -0.2) is 4.79 Å². The lowest BCUT2D eigenvalue weighted by molar-refractivity contribution is -0.119. The molecule has 0 fully saturated rings. The van der Waals surface area contributed by atoms with Gasteiger partial charge in [-0.2, -0.15) is 0 Å². The van der Waals surface area contributed by atoms with Crippen molar-refractivity contribution in [3.63, 3.8) is 0 Å². The highest BCUT2D eigenvalue weighted by atomic mass is 16.4. The molecule has 0 saturated carbocycles. The van der Waals surface area contributed by atoms with Crippen LogP contribution in [-0.4, -0.2) is 28.1 Å². The van der Waals surface area contributed by atoms with Gasteiger partial charge in [0.2, 0.25) is 5.91 Å². The SMILES string of the molecule is CCN(C(=O)Cn1c(C(=O)O)cc2ccccc21)c1ccc(C)cc1. The number of aromatic carboxylic acids is 1. The van der Waals surface area contributed by atoms with Gasteiger partial charge in [0.05, 0.1) is 0 Å². The molecule has 5 heteroatoms. The normalized spacial score (nSPS) is 10.8. The summed E-state index contributed by atoms with van der Waals surface area (Å²) in [7, 11) is 0. The van der Waals surface area contributed by atoms with Crippen molar-refractivity contribution in [2.75, 3.05) is 11.4 Å². The molecule has 0 radical (unpaired) electrons. The minimum absolute atomic E-state index is 0.0170. The Morgan fingerprint density at radius 3 is 2.40 bits per heavy atom. The smallest absolute Gasteiger partial charge is 0.352 e. The van der Waals surface area contributed by atoms with E-state index in [9.17, 15) is 14.7 Å². The molecule has 0 atom stereocenters. The van der Waals surface area contributed by atoms with Crippen LogP contribution in [0.3, 0.4) is 0 Å². The molecule has 0 unspecified atom stereocenters. The summed E-state index contributed by atoms with van der Waals surface area (Å²) in [5.41, 5.74) is 2.80. The highest BCUT2D eigenvalue weighted by Crippen LogP contribution is 2.21. The predicted octanol–water partition coefficient (Wildman–Crippen LogP) is 3.70. The molecule has 1 N–H and O–H groups in total. The van der Waals surface area contributed by atoms with Crippen LogP contribution in [0.2, 0.25) is 0 Å². The zero-order valence-corrected chi connectivity index (χ0v) is 14.3. The van der Waals surface area contributed by atoms with Crippen LogP contribution in [-0.2, 0) is 11.3 Å². The van der Waals surface area contributed by atoms with Crippen molar-refractivity contribution in [2.45, 2.75) is 20.4 Å². The largest absolute Gasteiger partial charge is 0.477 e. The number of benzene rings is 2. The quantitative estimate of drug-likeness (QED) is 0.773. The first kappa shape index (κ1) is 16.8. The number of carbonyl (C=O) groups is 2. The molecule has 0 bridgehead atoms. The van der Waals surface area contributed by atoms with Crippen LogP contribution >= 0.6 is 0 Å². The molecular weight excluding hydrogens is 316 g/mol. The van der Waals surface area contributed by atoms with E-state index in [-0.39, 0.29) is 18.1 Å². The summed E-state index contributed by atoms with van der Waals surface area (Å²) >= 11 is 0. The van der Waals surface area contributed by atoms with Gasteiger partial charge < -0.3 is 14.6 Å². The van der Waals surface area contributed by atoms with Crippen LogP contribution < -0.4 is 4.90 Å². The highest BCUT2D eigenvalue weighted by Gasteiger charge is 2.20. The molecule has 0 aliphatic heterocycles. The molecule has 25 heavy (non-hydrogen) atoms. The van der Waals surface area contributed by atoms with Crippen molar-refractivity contribution < 1.29 is 14.7 Å². The zero-order valence-electron chi connectivity index (χ0n) is 14.3. The Labute approximate surface area is 146 Å². The molecule has 0 aliphatic carbocycles. The van der Waals surface area contributed by atoms with Crippen LogP contribution in [0, 0.1) is 6.92 Å². The lowest BCUT2D eigenvalue weighted by Gasteiger charge is -2.22. The number of carbonyl (C=O) groups excluding carboxylic acids is 1. The number of hydrogen-bond donors (Lipinski definition) is 1. The second-order valence-electron chi connectivity index (χ2n) is 5.95. The lowest BCUT2D eigenvalue weighted by atomic mass is 10.2. The maximum absolute atomic E-state index is 12.9. The minimum Gasteiger partial charge on any atom is -0.477 e. The Bertz CT molecular complexity index is 926. The Morgan fingerprint density at radius 2 is 1.76 bits per heavy atom. The van der Waals surface area contributed by atoms with E-state index in [2.05, 4.69) is 0 Å². The summed E-state index contributed by atoms with van der Waals surface area (Å²) < 4.78 is 1.57. The number of para-hydroxylation sites is 1. The number of aromatic nitrogens is 1. The fourth-order valence-corrected chi connectivity index (χ4v) is 3.01. The third-order valence-corrected chi connectivity index (χ3v) is 4.29. The molecule has 1 amide bonds. The van der Waals surface area contributed by atoms with Crippen LogP contribution in [0.1, 0.15) is 23.0 Å². The number of anilines is 1. The van der Waals surface area contributed by atoms with Crippen molar-refractivity contribution in [1.82, 2.24) is 4.57 Å². The number of carboxylic acid groups (broad SMARTS) is 1. The van der Waals surface area contributed by atoms with Crippen LogP contribution in [0.5, 0.6) is 0 Å². The first-order valence-electron chi connectivity index (χ1n) is 8.20. The van der Waals surface area contributed by atoms with Gasteiger partial charge in [0.15, 0.2) is 0 Å². The molecular formula is C20H20N2O3. The average molecular weight is 336 g/mol. The number of hydrogen-bond acceptors (Lipinski definition) is 2. The van der Waals surface area contributed by atoms with Crippen molar-refractivity contribution in [3.8, 4) is 0 Å². The van der Waals surface area contributed by atoms with E-state index in [0.717, 1.165) is 22.2 Å². The Kier molecular flexibility index (Phi) is 4.57. The fourth-order valence-electron chi connectivity index (χ4n) is 3.01. The van der Waals surface area contributed by atoms with Gasteiger partial charge in [-0.05, 0) is 38.1 Å². The molecule has 1 aromatic heterocycles. The average Bonchev–Trinajstić information content (AvgIpc) is 2.96. The van der Waals surface area contributed by atoms with Crippen LogP contribution in [0.15, 0.2) is 54.6 Å². The van der Waals surface area contributed by atoms with E-state index in [1.807, 2.05) is 62.4 Å². The van der Waals surface area contributed by atoms with E-state index in [1.165, 1.54) is 0 Å². The maximum Gasteiger partial charge on any atom is 0.352 e. The van der Waals surface area contributed by atoms with Gasteiger partial charge in [0, 0.05) is 23.1 Å². The Morgan fingerprint density at radius 1 is 1.08 bits per heavy atom. The molecule has 3 aromatic rings. The molecule has 5 nitrogen and oxygen atoms in total. The van der Waals surface area contributed by atoms with Crippen molar-refractivity contribution in [3.05, 3.63) is 65.9 Å². The Balaban J connectivity index is 1.96. The van der Waals surface area contributed by atoms with Crippen LogP contribution in [0.25, 0.3) is 10.9 Å². The van der Waals surface area contributed by atoms with Gasteiger partial charge in [-0.15, -0.1) is 0 Å². The number of aryl methyl sites for hydroxylation is 1. The molecule has 1 heterocycles. The fraction of sp³-hybridized carbons (Fsp3) is 0.200. The monoisotopic (exact) mass is 336 g/mol. The number of fused-ring (bicyclic) bond motifs is 1. The van der Waals surface area contributed by atoms with Crippen molar-refractivity contribution >= 4 is 28.5 Å². The minimum atomic E-state index is -1.04. The van der Waals surface area contributed by atoms with E-state index >= 15 is 0 Å². The first-order chi connectivity index (χ1) is 12.0. The topological polar surface area (TPSA) is 62.5 Å². The number of carboxylic acids is 1. The first-order valence-corrected chi connectivity index (χ1v) is 8.20. The number of amides is 1. The van der Waals surface area contributed by atoms with Gasteiger partial charge in [-0.1, -0.05) is 35.9 Å². The zero-order chi connectivity index (χ0) is 18.0.